The molecule has 0 spiro atoms. The summed E-state index contributed by atoms with van der Waals surface area (Å²) in [7, 11) is 1.69. The third-order valence-electron chi connectivity index (χ3n) is 5.14. The molecule has 3 aromatic rings. The minimum absolute atomic E-state index is 0.0382. The van der Waals surface area contributed by atoms with E-state index in [9.17, 15) is 14.0 Å². The van der Waals surface area contributed by atoms with Gasteiger partial charge in [0.25, 0.3) is 11.8 Å². The zero-order valence-electron chi connectivity index (χ0n) is 17.7. The number of rotatable bonds is 5. The summed E-state index contributed by atoms with van der Waals surface area (Å²) in [6.45, 7) is 2.54. The summed E-state index contributed by atoms with van der Waals surface area (Å²) in [5.41, 5.74) is 3.39. The number of dihydropyridines is 1. The molecule has 0 radical (unpaired) electrons. The second-order valence-electron chi connectivity index (χ2n) is 7.38. The van der Waals surface area contributed by atoms with E-state index in [1.165, 1.54) is 22.9 Å². The van der Waals surface area contributed by atoms with Gasteiger partial charge < -0.3 is 10.6 Å². The lowest BCUT2D eigenvalue weighted by Gasteiger charge is -2.12. The molecule has 0 atom stereocenters. The average Bonchev–Trinajstić information content (AvgIpc) is 3.15. The van der Waals surface area contributed by atoms with Crippen LogP contribution in [0.4, 0.5) is 15.9 Å². The number of carbonyl (C=O) groups excluding carboxylic acids is 2. The van der Waals surface area contributed by atoms with Gasteiger partial charge >= 0.3 is 0 Å². The maximum Gasteiger partial charge on any atom is 0.259 e. The first-order chi connectivity index (χ1) is 15.4. The number of anilines is 2. The van der Waals surface area contributed by atoms with Crippen molar-refractivity contribution in [2.75, 3.05) is 17.2 Å². The number of nitrogens with one attached hydrogen (secondary N) is 2. The summed E-state index contributed by atoms with van der Waals surface area (Å²) >= 11 is 0. The Morgan fingerprint density at radius 3 is 2.50 bits per heavy atom. The van der Waals surface area contributed by atoms with Crippen molar-refractivity contribution in [3.8, 4) is 11.3 Å². The monoisotopic (exact) mass is 431 g/mol. The zero-order valence-corrected chi connectivity index (χ0v) is 17.7. The lowest BCUT2D eigenvalue weighted by molar-refractivity contribution is -0.112. The van der Waals surface area contributed by atoms with Crippen molar-refractivity contribution >= 4 is 29.0 Å². The molecule has 0 saturated carbocycles. The second kappa shape index (κ2) is 8.97. The number of carbonyl (C=O) groups is 2. The van der Waals surface area contributed by atoms with Crippen LogP contribution < -0.4 is 10.6 Å². The number of halogens is 1. The highest BCUT2D eigenvalue weighted by Crippen LogP contribution is 2.24. The Bertz CT molecular complexity index is 1240. The van der Waals surface area contributed by atoms with Gasteiger partial charge in [-0.1, -0.05) is 30.3 Å². The summed E-state index contributed by atoms with van der Waals surface area (Å²) in [4.78, 5) is 29.2. The molecule has 2 aromatic carbocycles. The number of aliphatic imine (C=N–C) groups is 1. The molecular weight excluding hydrogens is 409 g/mol. The van der Waals surface area contributed by atoms with Gasteiger partial charge in [-0.05, 0) is 37.6 Å². The van der Waals surface area contributed by atoms with Crippen LogP contribution in [0.1, 0.15) is 23.7 Å². The first-order valence-corrected chi connectivity index (χ1v) is 10.2. The normalized spacial score (nSPS) is 13.2. The summed E-state index contributed by atoms with van der Waals surface area (Å²) in [5.74, 6) is -0.888. The molecule has 7 nitrogen and oxygen atoms in total. The maximum absolute atomic E-state index is 13.9. The fourth-order valence-corrected chi connectivity index (χ4v) is 3.41. The number of hydrogen-bond donors (Lipinski definition) is 2. The molecule has 0 aliphatic carbocycles. The highest BCUT2D eigenvalue weighted by Gasteiger charge is 2.16. The molecule has 162 valence electrons. The topological polar surface area (TPSA) is 88.4 Å². The van der Waals surface area contributed by atoms with Crippen LogP contribution in [0.3, 0.4) is 0 Å². The highest BCUT2D eigenvalue weighted by molar-refractivity contribution is 6.24. The fraction of sp³-hybridized carbons (Fsp3) is 0.167. The van der Waals surface area contributed by atoms with E-state index in [0.29, 0.717) is 29.3 Å². The Hall–Kier alpha value is -4.07. The molecule has 1 aliphatic rings. The molecule has 0 unspecified atom stereocenters. The molecule has 0 fully saturated rings. The van der Waals surface area contributed by atoms with Crippen LogP contribution in [0, 0.1) is 5.82 Å². The van der Waals surface area contributed by atoms with Gasteiger partial charge in [0.2, 0.25) is 0 Å². The van der Waals surface area contributed by atoms with Crippen molar-refractivity contribution in [1.82, 2.24) is 9.78 Å². The van der Waals surface area contributed by atoms with E-state index in [1.807, 2.05) is 25.1 Å². The van der Waals surface area contributed by atoms with Crippen LogP contribution in [0.15, 0.2) is 71.2 Å². The van der Waals surface area contributed by atoms with E-state index in [-0.39, 0.29) is 11.5 Å². The van der Waals surface area contributed by atoms with Gasteiger partial charge in [0.15, 0.2) is 0 Å². The number of aromatic nitrogens is 2. The number of nitrogens with zero attached hydrogens (tertiary/aromatic N) is 3. The van der Waals surface area contributed by atoms with Gasteiger partial charge in [0.1, 0.15) is 11.6 Å². The molecule has 0 saturated heterocycles. The summed E-state index contributed by atoms with van der Waals surface area (Å²) in [5, 5.41) is 9.98. The van der Waals surface area contributed by atoms with Crippen molar-refractivity contribution in [3.05, 3.63) is 77.6 Å². The SMILES string of the molecule is CC1=NCCC=C1C(=O)Nc1ccc(-c2cc(NC(=O)c3ccccc3F)n(C)n2)cc1. The van der Waals surface area contributed by atoms with E-state index in [4.69, 9.17) is 0 Å². The molecule has 1 aliphatic heterocycles. The van der Waals surface area contributed by atoms with E-state index in [2.05, 4.69) is 20.7 Å². The van der Waals surface area contributed by atoms with Gasteiger partial charge in [-0.2, -0.15) is 5.10 Å². The highest BCUT2D eigenvalue weighted by atomic mass is 19.1. The Kier molecular flexibility index (Phi) is 5.93. The predicted octanol–water partition coefficient (Wildman–Crippen LogP) is 4.21. The third kappa shape index (κ3) is 4.49. The molecule has 32 heavy (non-hydrogen) atoms. The standard InChI is InChI=1S/C24H22FN5O2/c1-15-18(7-5-13-26-15)23(31)27-17-11-9-16(10-12-17)21-14-22(30(2)29-21)28-24(32)19-6-3-4-8-20(19)25/h3-4,6-12,14H,5,13H2,1-2H3,(H,27,31)(H,28,32). The minimum Gasteiger partial charge on any atom is -0.322 e. The maximum atomic E-state index is 13.9. The molecule has 8 heteroatoms. The Morgan fingerprint density at radius 2 is 1.78 bits per heavy atom. The van der Waals surface area contributed by atoms with E-state index < -0.39 is 11.7 Å². The van der Waals surface area contributed by atoms with Crippen molar-refractivity contribution in [2.45, 2.75) is 13.3 Å². The lowest BCUT2D eigenvalue weighted by Crippen LogP contribution is -2.21. The number of aryl methyl sites for hydroxylation is 1. The quantitative estimate of drug-likeness (QED) is 0.634. The molecule has 1 aromatic heterocycles. The minimum atomic E-state index is -0.588. The van der Waals surface area contributed by atoms with Gasteiger partial charge in [-0.3, -0.25) is 19.3 Å². The van der Waals surface area contributed by atoms with E-state index >= 15 is 0 Å². The molecule has 4 rings (SSSR count). The van der Waals surface area contributed by atoms with Crippen LogP contribution in [-0.4, -0.2) is 33.9 Å². The van der Waals surface area contributed by atoms with Gasteiger partial charge in [-0.15, -0.1) is 0 Å². The smallest absolute Gasteiger partial charge is 0.259 e. The zero-order chi connectivity index (χ0) is 22.7. The fourth-order valence-electron chi connectivity index (χ4n) is 3.41. The molecule has 2 heterocycles. The molecule has 0 bridgehead atoms. The van der Waals surface area contributed by atoms with Crippen molar-refractivity contribution in [1.29, 1.82) is 0 Å². The van der Waals surface area contributed by atoms with Gasteiger partial charge in [0, 0.05) is 36.6 Å². The summed E-state index contributed by atoms with van der Waals surface area (Å²) in [6.07, 6.45) is 2.66. The number of benzene rings is 2. The molecule has 2 amide bonds. The van der Waals surface area contributed by atoms with Crippen LogP contribution in [0.5, 0.6) is 0 Å². The van der Waals surface area contributed by atoms with E-state index in [0.717, 1.165) is 17.7 Å². The van der Waals surface area contributed by atoms with Crippen LogP contribution in [-0.2, 0) is 11.8 Å². The van der Waals surface area contributed by atoms with Crippen LogP contribution in [0.25, 0.3) is 11.3 Å². The van der Waals surface area contributed by atoms with Gasteiger partial charge in [0.05, 0.1) is 16.8 Å². The van der Waals surface area contributed by atoms with Crippen molar-refractivity contribution in [2.24, 2.45) is 12.0 Å². The summed E-state index contributed by atoms with van der Waals surface area (Å²) in [6, 6.07) is 14.7. The van der Waals surface area contributed by atoms with Crippen molar-refractivity contribution < 1.29 is 14.0 Å². The summed E-state index contributed by atoms with van der Waals surface area (Å²) < 4.78 is 15.4. The number of amides is 2. The second-order valence-corrected chi connectivity index (χ2v) is 7.38. The lowest BCUT2D eigenvalue weighted by atomic mass is 10.1. The first kappa shape index (κ1) is 21.2. The van der Waals surface area contributed by atoms with Crippen LogP contribution >= 0.6 is 0 Å². The Balaban J connectivity index is 1.46. The largest absolute Gasteiger partial charge is 0.322 e. The van der Waals surface area contributed by atoms with Crippen molar-refractivity contribution in [3.63, 3.8) is 0 Å². The molecular formula is C24H22FN5O2. The first-order valence-electron chi connectivity index (χ1n) is 10.2. The Morgan fingerprint density at radius 1 is 1.03 bits per heavy atom. The van der Waals surface area contributed by atoms with Gasteiger partial charge in [-0.25, -0.2) is 4.39 Å². The number of hydrogen-bond acceptors (Lipinski definition) is 4. The van der Waals surface area contributed by atoms with Crippen LogP contribution in [0.2, 0.25) is 0 Å². The average molecular weight is 431 g/mol. The Labute approximate surface area is 184 Å². The van der Waals surface area contributed by atoms with E-state index in [1.54, 1.807) is 31.3 Å². The molecule has 2 N–H and O–H groups in total. The predicted molar refractivity (Wildman–Crippen MR) is 122 cm³/mol. The third-order valence-corrected chi connectivity index (χ3v) is 5.14.